The maximum atomic E-state index is 12.9. The molecule has 0 atom stereocenters. The molecule has 0 saturated carbocycles. The SMILES string of the molecule is CCOc1ccc(CCNC(=O)c2c(CC)nc3cc(C)ccn23)cc1OCC. The molecule has 3 aromatic rings. The molecule has 2 heterocycles. The first kappa shape index (κ1) is 20.7. The Bertz CT molecular complexity index is 994. The minimum absolute atomic E-state index is 0.103. The Hall–Kier alpha value is -3.02. The van der Waals surface area contributed by atoms with Crippen molar-refractivity contribution in [1.82, 2.24) is 14.7 Å². The van der Waals surface area contributed by atoms with Gasteiger partial charge in [0, 0.05) is 12.7 Å². The predicted molar refractivity (Wildman–Crippen MR) is 114 cm³/mol. The number of hydrogen-bond acceptors (Lipinski definition) is 4. The Balaban J connectivity index is 1.70. The van der Waals surface area contributed by atoms with Gasteiger partial charge in [0.05, 0.1) is 18.9 Å². The number of imidazole rings is 1. The summed E-state index contributed by atoms with van der Waals surface area (Å²) in [7, 11) is 0. The first-order valence-electron chi connectivity index (χ1n) is 10.2. The Kier molecular flexibility index (Phi) is 6.75. The van der Waals surface area contributed by atoms with Crippen LogP contribution in [-0.4, -0.2) is 35.1 Å². The number of hydrogen-bond donors (Lipinski definition) is 1. The van der Waals surface area contributed by atoms with Gasteiger partial charge in [0.1, 0.15) is 11.3 Å². The topological polar surface area (TPSA) is 64.9 Å². The number of ether oxygens (including phenoxy) is 2. The molecule has 0 aliphatic carbocycles. The van der Waals surface area contributed by atoms with Crippen LogP contribution < -0.4 is 14.8 Å². The third-order valence-corrected chi connectivity index (χ3v) is 4.71. The van der Waals surface area contributed by atoms with E-state index in [1.54, 1.807) is 0 Å². The van der Waals surface area contributed by atoms with Gasteiger partial charge in [-0.25, -0.2) is 4.98 Å². The average molecular weight is 396 g/mol. The van der Waals surface area contributed by atoms with Gasteiger partial charge < -0.3 is 14.8 Å². The number of carbonyl (C=O) groups excluding carboxylic acids is 1. The highest BCUT2D eigenvalue weighted by Gasteiger charge is 2.18. The molecular formula is C23H29N3O3. The summed E-state index contributed by atoms with van der Waals surface area (Å²) in [6.45, 7) is 9.63. The second kappa shape index (κ2) is 9.45. The van der Waals surface area contributed by atoms with Crippen molar-refractivity contribution in [2.75, 3.05) is 19.8 Å². The summed E-state index contributed by atoms with van der Waals surface area (Å²) in [5.74, 6) is 1.38. The zero-order valence-corrected chi connectivity index (χ0v) is 17.6. The van der Waals surface area contributed by atoms with E-state index in [2.05, 4.69) is 10.3 Å². The normalized spacial score (nSPS) is 10.9. The summed E-state index contributed by atoms with van der Waals surface area (Å²) < 4.78 is 13.2. The molecule has 6 heteroatoms. The fourth-order valence-corrected chi connectivity index (χ4v) is 3.34. The summed E-state index contributed by atoms with van der Waals surface area (Å²) in [4.78, 5) is 17.5. The second-order valence-electron chi connectivity index (χ2n) is 6.85. The number of carbonyl (C=O) groups is 1. The molecule has 2 aromatic heterocycles. The van der Waals surface area contributed by atoms with E-state index in [9.17, 15) is 4.79 Å². The number of nitrogens with one attached hydrogen (secondary N) is 1. The summed E-state index contributed by atoms with van der Waals surface area (Å²) in [5.41, 5.74) is 4.44. The lowest BCUT2D eigenvalue weighted by atomic mass is 10.1. The maximum absolute atomic E-state index is 12.9. The van der Waals surface area contributed by atoms with Gasteiger partial charge in [-0.3, -0.25) is 9.20 Å². The zero-order chi connectivity index (χ0) is 20.8. The molecule has 3 rings (SSSR count). The molecule has 0 aliphatic heterocycles. The number of aromatic nitrogens is 2. The first-order valence-corrected chi connectivity index (χ1v) is 10.2. The number of pyridine rings is 1. The zero-order valence-electron chi connectivity index (χ0n) is 17.6. The number of aryl methyl sites for hydroxylation is 2. The van der Waals surface area contributed by atoms with E-state index in [-0.39, 0.29) is 5.91 Å². The third kappa shape index (κ3) is 4.70. The van der Waals surface area contributed by atoms with E-state index in [0.29, 0.717) is 38.3 Å². The smallest absolute Gasteiger partial charge is 0.270 e. The number of benzene rings is 1. The quantitative estimate of drug-likeness (QED) is 0.595. The molecule has 1 amide bonds. The summed E-state index contributed by atoms with van der Waals surface area (Å²) in [6.07, 6.45) is 3.32. The van der Waals surface area contributed by atoms with Gasteiger partial charge >= 0.3 is 0 Å². The minimum atomic E-state index is -0.103. The van der Waals surface area contributed by atoms with E-state index in [4.69, 9.17) is 9.47 Å². The van der Waals surface area contributed by atoms with Crippen molar-refractivity contribution in [2.24, 2.45) is 0 Å². The predicted octanol–water partition coefficient (Wildman–Crippen LogP) is 3.98. The van der Waals surface area contributed by atoms with Crippen molar-refractivity contribution < 1.29 is 14.3 Å². The van der Waals surface area contributed by atoms with E-state index in [1.165, 1.54) is 0 Å². The van der Waals surface area contributed by atoms with Gasteiger partial charge in [-0.1, -0.05) is 13.0 Å². The second-order valence-corrected chi connectivity index (χ2v) is 6.85. The molecule has 0 unspecified atom stereocenters. The van der Waals surface area contributed by atoms with Gasteiger partial charge in [-0.15, -0.1) is 0 Å². The molecule has 6 nitrogen and oxygen atoms in total. The summed E-state index contributed by atoms with van der Waals surface area (Å²) >= 11 is 0. The molecule has 1 aromatic carbocycles. The molecule has 0 aliphatic rings. The fourth-order valence-electron chi connectivity index (χ4n) is 3.34. The van der Waals surface area contributed by atoms with Crippen LogP contribution in [0, 0.1) is 6.92 Å². The van der Waals surface area contributed by atoms with Gasteiger partial charge in [-0.2, -0.15) is 0 Å². The van der Waals surface area contributed by atoms with Crippen LogP contribution in [0.1, 0.15) is 48.1 Å². The Morgan fingerprint density at radius 3 is 2.55 bits per heavy atom. The third-order valence-electron chi connectivity index (χ3n) is 4.71. The molecule has 0 spiro atoms. The molecule has 0 radical (unpaired) electrons. The van der Waals surface area contributed by atoms with Crippen LogP contribution in [0.4, 0.5) is 0 Å². The van der Waals surface area contributed by atoms with Crippen molar-refractivity contribution in [3.8, 4) is 11.5 Å². The monoisotopic (exact) mass is 395 g/mol. The Morgan fingerprint density at radius 1 is 1.07 bits per heavy atom. The van der Waals surface area contributed by atoms with E-state index in [0.717, 1.165) is 34.0 Å². The molecule has 1 N–H and O–H groups in total. The van der Waals surface area contributed by atoms with Crippen molar-refractivity contribution >= 4 is 11.6 Å². The molecule has 0 bridgehead atoms. The lowest BCUT2D eigenvalue weighted by Crippen LogP contribution is -2.27. The Morgan fingerprint density at radius 2 is 1.83 bits per heavy atom. The van der Waals surface area contributed by atoms with Crippen LogP contribution in [0.25, 0.3) is 5.65 Å². The maximum Gasteiger partial charge on any atom is 0.270 e. The molecule has 0 fully saturated rings. The lowest BCUT2D eigenvalue weighted by Gasteiger charge is -2.13. The fraction of sp³-hybridized carbons (Fsp3) is 0.391. The number of rotatable bonds is 9. The van der Waals surface area contributed by atoms with Crippen LogP contribution in [-0.2, 0) is 12.8 Å². The lowest BCUT2D eigenvalue weighted by molar-refractivity contribution is 0.0947. The van der Waals surface area contributed by atoms with Crippen molar-refractivity contribution in [1.29, 1.82) is 0 Å². The van der Waals surface area contributed by atoms with Gasteiger partial charge in [-0.05, 0) is 69.0 Å². The molecule has 154 valence electrons. The number of nitrogens with zero attached hydrogens (tertiary/aromatic N) is 2. The van der Waals surface area contributed by atoms with Crippen molar-refractivity contribution in [3.63, 3.8) is 0 Å². The largest absolute Gasteiger partial charge is 0.490 e. The van der Waals surface area contributed by atoms with E-state index >= 15 is 0 Å². The highest BCUT2D eigenvalue weighted by atomic mass is 16.5. The Labute approximate surface area is 171 Å². The van der Waals surface area contributed by atoms with Crippen LogP contribution in [0.5, 0.6) is 11.5 Å². The van der Waals surface area contributed by atoms with Crippen LogP contribution in [0.3, 0.4) is 0 Å². The molecular weight excluding hydrogens is 366 g/mol. The number of fused-ring (bicyclic) bond motifs is 1. The minimum Gasteiger partial charge on any atom is -0.490 e. The van der Waals surface area contributed by atoms with Crippen molar-refractivity contribution in [2.45, 2.75) is 40.5 Å². The summed E-state index contributed by atoms with van der Waals surface area (Å²) in [6, 6.07) is 9.89. The number of amides is 1. The van der Waals surface area contributed by atoms with Crippen LogP contribution in [0.15, 0.2) is 36.5 Å². The van der Waals surface area contributed by atoms with Gasteiger partial charge in [0.15, 0.2) is 11.5 Å². The average Bonchev–Trinajstić information content (AvgIpc) is 3.07. The molecule has 29 heavy (non-hydrogen) atoms. The van der Waals surface area contributed by atoms with Crippen molar-refractivity contribution in [3.05, 3.63) is 59.0 Å². The highest BCUT2D eigenvalue weighted by Crippen LogP contribution is 2.28. The highest BCUT2D eigenvalue weighted by molar-refractivity contribution is 5.94. The molecule has 0 saturated heterocycles. The van der Waals surface area contributed by atoms with E-state index < -0.39 is 0 Å². The summed E-state index contributed by atoms with van der Waals surface area (Å²) in [5, 5.41) is 3.03. The first-order chi connectivity index (χ1) is 14.1. The van der Waals surface area contributed by atoms with E-state index in [1.807, 2.05) is 68.6 Å². The van der Waals surface area contributed by atoms with Gasteiger partial charge in [0.25, 0.3) is 5.91 Å². The van der Waals surface area contributed by atoms with Crippen LogP contribution >= 0.6 is 0 Å². The van der Waals surface area contributed by atoms with Crippen LogP contribution in [0.2, 0.25) is 0 Å². The standard InChI is InChI=1S/C23H29N3O3/c1-5-18-22(26-13-11-16(4)14-21(26)25-18)23(27)24-12-10-17-8-9-19(28-6-2)20(15-17)29-7-3/h8-9,11,13-15H,5-7,10,12H2,1-4H3,(H,24,27). The van der Waals surface area contributed by atoms with Gasteiger partial charge in [0.2, 0.25) is 0 Å².